The maximum atomic E-state index is 12.9. The van der Waals surface area contributed by atoms with Crippen molar-refractivity contribution in [3.05, 3.63) is 59.7 Å². The van der Waals surface area contributed by atoms with Crippen LogP contribution in [0.3, 0.4) is 0 Å². The number of amidine groups is 1. The second-order valence-electron chi connectivity index (χ2n) is 5.75. The quantitative estimate of drug-likeness (QED) is 0.870. The van der Waals surface area contributed by atoms with Crippen LogP contribution in [0.1, 0.15) is 24.0 Å². The molecular weight excluding hydrogens is 286 g/mol. The van der Waals surface area contributed by atoms with Crippen molar-refractivity contribution in [3.63, 3.8) is 0 Å². The maximum absolute atomic E-state index is 12.9. The lowest BCUT2D eigenvalue weighted by molar-refractivity contribution is 0.259. The minimum Gasteiger partial charge on any atom is -0.307 e. The van der Waals surface area contributed by atoms with Crippen LogP contribution in [0.15, 0.2) is 53.5 Å². The van der Waals surface area contributed by atoms with Crippen molar-refractivity contribution in [1.29, 1.82) is 0 Å². The Balaban J connectivity index is 1.96. The average molecular weight is 307 g/mol. The van der Waals surface area contributed by atoms with Gasteiger partial charge in [-0.15, -0.1) is 0 Å². The molecule has 4 nitrogen and oxygen atoms in total. The number of hydrogen-bond donors (Lipinski definition) is 1. The van der Waals surface area contributed by atoms with Gasteiger partial charge >= 0.3 is 6.03 Å². The summed E-state index contributed by atoms with van der Waals surface area (Å²) in [7, 11) is 0. The number of aliphatic imine (C=N–C) groups is 1. The zero-order chi connectivity index (χ0) is 16.2. The van der Waals surface area contributed by atoms with Crippen LogP contribution >= 0.6 is 0 Å². The Labute approximate surface area is 136 Å². The lowest BCUT2D eigenvalue weighted by Crippen LogP contribution is -2.40. The summed E-state index contributed by atoms with van der Waals surface area (Å²) < 4.78 is 0. The Kier molecular flexibility index (Phi) is 4.42. The summed E-state index contributed by atoms with van der Waals surface area (Å²) >= 11 is 0. The van der Waals surface area contributed by atoms with Gasteiger partial charge in [-0.25, -0.2) is 9.69 Å². The highest BCUT2D eigenvalue weighted by atomic mass is 16.2. The fourth-order valence-corrected chi connectivity index (χ4v) is 2.75. The Morgan fingerprint density at radius 2 is 1.87 bits per heavy atom. The van der Waals surface area contributed by atoms with Gasteiger partial charge in [-0.3, -0.25) is 4.99 Å². The Morgan fingerprint density at radius 1 is 1.09 bits per heavy atom. The van der Waals surface area contributed by atoms with E-state index < -0.39 is 0 Å². The predicted octanol–water partition coefficient (Wildman–Crippen LogP) is 4.53. The number of benzene rings is 2. The van der Waals surface area contributed by atoms with Crippen molar-refractivity contribution in [3.8, 4) is 0 Å². The number of aryl methyl sites for hydroxylation is 1. The van der Waals surface area contributed by atoms with Crippen LogP contribution in [0, 0.1) is 13.8 Å². The Morgan fingerprint density at radius 3 is 2.57 bits per heavy atom. The minimum atomic E-state index is -0.162. The molecular formula is C19H21N3O. The van der Waals surface area contributed by atoms with Gasteiger partial charge < -0.3 is 5.32 Å². The van der Waals surface area contributed by atoms with Gasteiger partial charge in [0.15, 0.2) is 0 Å². The van der Waals surface area contributed by atoms with Crippen molar-refractivity contribution < 1.29 is 4.79 Å². The van der Waals surface area contributed by atoms with E-state index in [9.17, 15) is 4.79 Å². The molecule has 1 N–H and O–H groups in total. The third-order valence-corrected chi connectivity index (χ3v) is 4.16. The number of anilines is 2. The van der Waals surface area contributed by atoms with Gasteiger partial charge in [0, 0.05) is 18.7 Å². The smallest absolute Gasteiger partial charge is 0.307 e. The van der Waals surface area contributed by atoms with Crippen LogP contribution in [0.2, 0.25) is 0 Å². The van der Waals surface area contributed by atoms with E-state index in [-0.39, 0.29) is 6.03 Å². The second-order valence-corrected chi connectivity index (χ2v) is 5.75. The number of hydrogen-bond acceptors (Lipinski definition) is 2. The summed E-state index contributed by atoms with van der Waals surface area (Å²) in [5.41, 5.74) is 3.95. The molecule has 1 aliphatic heterocycles. The maximum Gasteiger partial charge on any atom is 0.331 e. The largest absolute Gasteiger partial charge is 0.331 e. The number of rotatable bonds is 2. The normalized spacial score (nSPS) is 13.6. The first-order valence-corrected chi connectivity index (χ1v) is 7.92. The highest BCUT2D eigenvalue weighted by Gasteiger charge is 2.25. The van der Waals surface area contributed by atoms with Crippen molar-refractivity contribution in [1.82, 2.24) is 0 Å². The second kappa shape index (κ2) is 6.65. The molecule has 0 aromatic heterocycles. The monoisotopic (exact) mass is 307 g/mol. The molecule has 2 amide bonds. The number of nitrogens with one attached hydrogen (secondary N) is 1. The standard InChI is InChI=1S/C19H21N3O/c1-14-8-6-11-17(15(14)2)22(18-12-7-13-20-18)19(23)21-16-9-4-3-5-10-16/h3-6,8-11H,7,12-13H2,1-2H3,(H,21,23). The Hall–Kier alpha value is -2.62. The molecule has 1 aliphatic rings. The minimum absolute atomic E-state index is 0.162. The topological polar surface area (TPSA) is 44.7 Å². The molecule has 4 heteroatoms. The van der Waals surface area contributed by atoms with E-state index in [4.69, 9.17) is 0 Å². The molecule has 0 fully saturated rings. The average Bonchev–Trinajstić information content (AvgIpc) is 3.07. The number of para-hydroxylation sites is 1. The van der Waals surface area contributed by atoms with E-state index in [1.165, 1.54) is 5.56 Å². The van der Waals surface area contributed by atoms with E-state index in [2.05, 4.69) is 23.3 Å². The number of carbonyl (C=O) groups excluding carboxylic acids is 1. The van der Waals surface area contributed by atoms with Crippen molar-refractivity contribution in [2.45, 2.75) is 26.7 Å². The summed E-state index contributed by atoms with van der Waals surface area (Å²) in [6.45, 7) is 4.89. The highest BCUT2D eigenvalue weighted by Crippen LogP contribution is 2.26. The summed E-state index contributed by atoms with van der Waals surface area (Å²) in [5.74, 6) is 0.840. The molecule has 2 aromatic rings. The molecule has 118 valence electrons. The molecule has 23 heavy (non-hydrogen) atoms. The number of nitrogens with zero attached hydrogens (tertiary/aromatic N) is 2. The molecule has 0 saturated carbocycles. The van der Waals surface area contributed by atoms with E-state index >= 15 is 0 Å². The summed E-state index contributed by atoms with van der Waals surface area (Å²) in [6, 6.07) is 15.4. The van der Waals surface area contributed by atoms with Gasteiger partial charge in [-0.2, -0.15) is 0 Å². The van der Waals surface area contributed by atoms with Gasteiger partial charge in [-0.05, 0) is 49.6 Å². The van der Waals surface area contributed by atoms with E-state index in [1.54, 1.807) is 4.90 Å². The van der Waals surface area contributed by atoms with Gasteiger partial charge in [0.2, 0.25) is 0 Å². The zero-order valence-electron chi connectivity index (χ0n) is 13.5. The lowest BCUT2D eigenvalue weighted by atomic mass is 10.1. The van der Waals surface area contributed by atoms with Crippen LogP contribution in [-0.2, 0) is 0 Å². The highest BCUT2D eigenvalue weighted by molar-refractivity contribution is 6.21. The van der Waals surface area contributed by atoms with Crippen LogP contribution in [0.25, 0.3) is 0 Å². The third kappa shape index (κ3) is 3.26. The van der Waals surface area contributed by atoms with Crippen LogP contribution in [0.5, 0.6) is 0 Å². The van der Waals surface area contributed by atoms with E-state index in [0.717, 1.165) is 42.2 Å². The van der Waals surface area contributed by atoms with Crippen LogP contribution in [0.4, 0.5) is 16.2 Å². The van der Waals surface area contributed by atoms with Gasteiger partial charge in [0.05, 0.1) is 5.69 Å². The lowest BCUT2D eigenvalue weighted by Gasteiger charge is -2.25. The van der Waals surface area contributed by atoms with Crippen LogP contribution in [-0.4, -0.2) is 18.4 Å². The molecule has 0 radical (unpaired) electrons. The number of amides is 2. The fourth-order valence-electron chi connectivity index (χ4n) is 2.75. The zero-order valence-corrected chi connectivity index (χ0v) is 13.5. The molecule has 3 rings (SSSR count). The first-order chi connectivity index (χ1) is 11.2. The first kappa shape index (κ1) is 15.3. The first-order valence-electron chi connectivity index (χ1n) is 7.92. The van der Waals surface area contributed by atoms with Crippen molar-refractivity contribution in [2.75, 3.05) is 16.8 Å². The van der Waals surface area contributed by atoms with Crippen molar-refractivity contribution >= 4 is 23.2 Å². The number of urea groups is 1. The van der Waals surface area contributed by atoms with Crippen LogP contribution < -0.4 is 10.2 Å². The molecule has 0 aliphatic carbocycles. The molecule has 0 saturated heterocycles. The molecule has 1 heterocycles. The molecule has 2 aromatic carbocycles. The summed E-state index contributed by atoms with van der Waals surface area (Å²) in [6.07, 6.45) is 1.82. The van der Waals surface area contributed by atoms with Gasteiger partial charge in [0.25, 0.3) is 0 Å². The molecule has 0 atom stereocenters. The number of carbonyl (C=O) groups is 1. The van der Waals surface area contributed by atoms with E-state index in [1.807, 2.05) is 49.4 Å². The van der Waals surface area contributed by atoms with E-state index in [0.29, 0.717) is 0 Å². The summed E-state index contributed by atoms with van der Waals surface area (Å²) in [4.78, 5) is 19.1. The molecule has 0 bridgehead atoms. The van der Waals surface area contributed by atoms with Gasteiger partial charge in [0.1, 0.15) is 5.84 Å². The summed E-state index contributed by atoms with van der Waals surface area (Å²) in [5, 5.41) is 2.97. The Bertz CT molecular complexity index is 738. The molecule has 0 unspecified atom stereocenters. The SMILES string of the molecule is Cc1cccc(N(C(=O)Nc2ccccc2)C2=NCCC2)c1C. The van der Waals surface area contributed by atoms with Crippen molar-refractivity contribution in [2.24, 2.45) is 4.99 Å². The molecule has 0 spiro atoms. The predicted molar refractivity (Wildman–Crippen MR) is 95.4 cm³/mol. The third-order valence-electron chi connectivity index (χ3n) is 4.16. The fraction of sp³-hybridized carbons (Fsp3) is 0.263. The van der Waals surface area contributed by atoms with Gasteiger partial charge in [-0.1, -0.05) is 30.3 Å².